The molecule has 0 aliphatic carbocycles. The van der Waals surface area contributed by atoms with Gasteiger partial charge in [-0.3, -0.25) is 4.68 Å². The molecule has 3 nitrogen and oxygen atoms in total. The second-order valence-electron chi connectivity index (χ2n) is 3.42. The molecule has 2 aromatic rings. The predicted molar refractivity (Wildman–Crippen MR) is 61.2 cm³/mol. The highest BCUT2D eigenvalue weighted by molar-refractivity contribution is 5.63. The zero-order valence-corrected chi connectivity index (χ0v) is 8.89. The molecule has 0 amide bonds. The zero-order chi connectivity index (χ0) is 12.3. The van der Waals surface area contributed by atoms with Gasteiger partial charge >= 0.3 is 0 Å². The fraction of sp³-hybridized carbons (Fsp3) is 0.0769. The minimum absolute atomic E-state index is 0.143. The van der Waals surface area contributed by atoms with E-state index >= 15 is 0 Å². The molecule has 0 aliphatic heterocycles. The normalized spacial score (nSPS) is 9.59. The summed E-state index contributed by atoms with van der Waals surface area (Å²) in [6, 6.07) is 6.54. The summed E-state index contributed by atoms with van der Waals surface area (Å²) in [6.45, 7) is 0.143. The average molecular weight is 225 g/mol. The Kier molecular flexibility index (Phi) is 2.89. The van der Waals surface area contributed by atoms with Gasteiger partial charge in [0.15, 0.2) is 0 Å². The van der Waals surface area contributed by atoms with Crippen LogP contribution in [0.15, 0.2) is 30.6 Å². The Hall–Kier alpha value is -2.59. The number of nitrogens with zero attached hydrogens (tertiary/aromatic N) is 3. The van der Waals surface area contributed by atoms with Gasteiger partial charge in [-0.05, 0) is 12.1 Å². The number of hydrogen-bond donors (Lipinski definition) is 0. The molecule has 17 heavy (non-hydrogen) atoms. The fourth-order valence-corrected chi connectivity index (χ4v) is 1.50. The molecule has 1 heterocycles. The molecule has 0 spiro atoms. The van der Waals surface area contributed by atoms with Gasteiger partial charge in [-0.25, -0.2) is 4.39 Å². The zero-order valence-electron chi connectivity index (χ0n) is 8.89. The van der Waals surface area contributed by atoms with Crippen molar-refractivity contribution in [1.82, 2.24) is 9.78 Å². The van der Waals surface area contributed by atoms with Crippen LogP contribution in [0.2, 0.25) is 0 Å². The fourth-order valence-electron chi connectivity index (χ4n) is 1.50. The summed E-state index contributed by atoms with van der Waals surface area (Å²) in [5.41, 5.74) is 1.55. The Morgan fingerprint density at radius 3 is 2.94 bits per heavy atom. The number of terminal acetylenes is 1. The molecule has 0 unspecified atom stereocenters. The van der Waals surface area contributed by atoms with Crippen molar-refractivity contribution >= 4 is 0 Å². The molecule has 0 atom stereocenters. The first kappa shape index (κ1) is 10.9. The molecule has 4 heteroatoms. The molecule has 0 bridgehead atoms. The maximum atomic E-state index is 13.7. The Labute approximate surface area is 98.1 Å². The summed E-state index contributed by atoms with van der Waals surface area (Å²) >= 11 is 0. The highest BCUT2D eigenvalue weighted by atomic mass is 19.1. The molecular weight excluding hydrogens is 217 g/mol. The van der Waals surface area contributed by atoms with Gasteiger partial charge in [0.1, 0.15) is 12.4 Å². The molecule has 0 aliphatic rings. The van der Waals surface area contributed by atoms with Crippen molar-refractivity contribution in [3.8, 4) is 29.5 Å². The largest absolute Gasteiger partial charge is 0.258 e. The number of halogens is 1. The van der Waals surface area contributed by atoms with Crippen LogP contribution >= 0.6 is 0 Å². The smallest absolute Gasteiger partial charge is 0.132 e. The van der Waals surface area contributed by atoms with E-state index in [-0.39, 0.29) is 6.54 Å². The van der Waals surface area contributed by atoms with Gasteiger partial charge in [0.2, 0.25) is 0 Å². The lowest BCUT2D eigenvalue weighted by molar-refractivity contribution is 0.631. The van der Waals surface area contributed by atoms with Crippen LogP contribution in [0.25, 0.3) is 11.1 Å². The maximum absolute atomic E-state index is 13.7. The quantitative estimate of drug-likeness (QED) is 0.735. The Morgan fingerprint density at radius 2 is 2.29 bits per heavy atom. The third-order valence-electron chi connectivity index (χ3n) is 2.31. The van der Waals surface area contributed by atoms with E-state index in [9.17, 15) is 4.39 Å². The minimum atomic E-state index is -0.392. The molecule has 0 fully saturated rings. The van der Waals surface area contributed by atoms with E-state index in [0.717, 1.165) is 0 Å². The van der Waals surface area contributed by atoms with Crippen molar-refractivity contribution in [1.29, 1.82) is 5.26 Å². The number of nitriles is 1. The van der Waals surface area contributed by atoms with E-state index < -0.39 is 5.82 Å². The highest BCUT2D eigenvalue weighted by Gasteiger charge is 2.07. The lowest BCUT2D eigenvalue weighted by Gasteiger charge is -2.00. The van der Waals surface area contributed by atoms with Crippen LogP contribution in [-0.2, 0) is 6.54 Å². The molecule has 0 saturated carbocycles. The molecule has 2 rings (SSSR count). The van der Waals surface area contributed by atoms with Crippen LogP contribution in [0.3, 0.4) is 0 Å². The van der Waals surface area contributed by atoms with Crippen LogP contribution in [0.4, 0.5) is 4.39 Å². The number of aromatic nitrogens is 2. The molecule has 1 aromatic carbocycles. The summed E-state index contributed by atoms with van der Waals surface area (Å²) in [6.07, 6.45) is 8.32. The van der Waals surface area contributed by atoms with Crippen LogP contribution in [0, 0.1) is 29.5 Å². The number of rotatable bonds is 2. The van der Waals surface area contributed by atoms with Crippen LogP contribution in [0.5, 0.6) is 0 Å². The van der Waals surface area contributed by atoms with Crippen molar-refractivity contribution in [3.05, 3.63) is 42.0 Å². The average Bonchev–Trinajstić information content (AvgIpc) is 2.78. The van der Waals surface area contributed by atoms with Gasteiger partial charge in [-0.2, -0.15) is 10.4 Å². The number of benzene rings is 1. The van der Waals surface area contributed by atoms with E-state index in [0.29, 0.717) is 16.7 Å². The third-order valence-corrected chi connectivity index (χ3v) is 2.31. The second kappa shape index (κ2) is 4.51. The summed E-state index contributed by atoms with van der Waals surface area (Å²) in [5.74, 6) is 1.98. The lowest BCUT2D eigenvalue weighted by atomic mass is 10.1. The van der Waals surface area contributed by atoms with E-state index in [4.69, 9.17) is 11.7 Å². The topological polar surface area (TPSA) is 41.6 Å². The summed E-state index contributed by atoms with van der Waals surface area (Å²) in [5, 5.41) is 12.5. The predicted octanol–water partition coefficient (Wildman–Crippen LogP) is 2.19. The van der Waals surface area contributed by atoms with Crippen molar-refractivity contribution in [2.75, 3.05) is 0 Å². The third kappa shape index (κ3) is 2.16. The first-order valence-corrected chi connectivity index (χ1v) is 4.90. The molecule has 0 radical (unpaired) electrons. The minimum Gasteiger partial charge on any atom is -0.258 e. The maximum Gasteiger partial charge on any atom is 0.132 e. The van der Waals surface area contributed by atoms with Crippen molar-refractivity contribution < 1.29 is 4.39 Å². The molecular formula is C13H8FN3. The van der Waals surface area contributed by atoms with Crippen LogP contribution in [-0.4, -0.2) is 9.78 Å². The van der Waals surface area contributed by atoms with E-state index in [1.54, 1.807) is 18.3 Å². The second-order valence-corrected chi connectivity index (χ2v) is 3.42. The van der Waals surface area contributed by atoms with Crippen molar-refractivity contribution in [2.45, 2.75) is 6.54 Å². The van der Waals surface area contributed by atoms with Gasteiger partial charge < -0.3 is 0 Å². The Balaban J connectivity index is 2.40. The van der Waals surface area contributed by atoms with Gasteiger partial charge in [0.05, 0.1) is 12.3 Å². The van der Waals surface area contributed by atoms with Crippen molar-refractivity contribution in [3.63, 3.8) is 0 Å². The standard InChI is InChI=1S/C13H8FN3/c1-2-10-3-4-12(13(14)7-10)11-8-16-17(9-11)6-5-15/h1,3-4,7-9H,6H2. The van der Waals surface area contributed by atoms with Gasteiger partial charge in [0, 0.05) is 22.9 Å². The van der Waals surface area contributed by atoms with Crippen LogP contribution < -0.4 is 0 Å². The highest BCUT2D eigenvalue weighted by Crippen LogP contribution is 2.22. The summed E-state index contributed by atoms with van der Waals surface area (Å²) < 4.78 is 15.2. The van der Waals surface area contributed by atoms with E-state index in [1.165, 1.54) is 16.9 Å². The van der Waals surface area contributed by atoms with E-state index in [1.807, 2.05) is 6.07 Å². The van der Waals surface area contributed by atoms with E-state index in [2.05, 4.69) is 11.0 Å². The first-order valence-electron chi connectivity index (χ1n) is 4.90. The number of hydrogen-bond acceptors (Lipinski definition) is 2. The van der Waals surface area contributed by atoms with Crippen LogP contribution in [0.1, 0.15) is 5.56 Å². The summed E-state index contributed by atoms with van der Waals surface area (Å²) in [7, 11) is 0. The Morgan fingerprint density at radius 1 is 1.47 bits per heavy atom. The van der Waals surface area contributed by atoms with Gasteiger partial charge in [-0.1, -0.05) is 12.0 Å². The van der Waals surface area contributed by atoms with Gasteiger partial charge in [-0.15, -0.1) is 6.42 Å². The SMILES string of the molecule is C#Cc1ccc(-c2cnn(CC#N)c2)c(F)c1. The monoisotopic (exact) mass is 225 g/mol. The molecule has 0 N–H and O–H groups in total. The lowest BCUT2D eigenvalue weighted by Crippen LogP contribution is -1.94. The molecule has 0 saturated heterocycles. The molecule has 82 valence electrons. The van der Waals surface area contributed by atoms with Crippen molar-refractivity contribution in [2.24, 2.45) is 0 Å². The van der Waals surface area contributed by atoms with Gasteiger partial charge in [0.25, 0.3) is 0 Å². The molecule has 1 aromatic heterocycles. The first-order chi connectivity index (χ1) is 8.24. The summed E-state index contributed by atoms with van der Waals surface area (Å²) in [4.78, 5) is 0. The Bertz CT molecular complexity index is 629.